The van der Waals surface area contributed by atoms with Gasteiger partial charge in [-0.1, -0.05) is 6.42 Å². The predicted molar refractivity (Wildman–Crippen MR) is 41.3 cm³/mol. The van der Waals surface area contributed by atoms with Crippen LogP contribution in [0.2, 0.25) is 0 Å². The lowest BCUT2D eigenvalue weighted by Crippen LogP contribution is -2.51. The molecular weight excluding hydrogens is 144 g/mol. The number of aliphatic carboxylic acids is 1. The maximum absolute atomic E-state index is 10.4. The van der Waals surface area contributed by atoms with Crippen LogP contribution in [0.4, 0.5) is 0 Å². The normalized spacial score (nSPS) is 27.9. The smallest absolute Gasteiger partial charge is 0.322 e. The summed E-state index contributed by atoms with van der Waals surface area (Å²) in [7, 11) is 0. The van der Waals surface area contributed by atoms with Gasteiger partial charge in [-0.05, 0) is 19.4 Å². The second kappa shape index (κ2) is 3.69. The molecule has 11 heavy (non-hydrogen) atoms. The summed E-state index contributed by atoms with van der Waals surface area (Å²) < 4.78 is 0. The van der Waals surface area contributed by atoms with Gasteiger partial charge in [-0.15, -0.1) is 0 Å². The average molecular weight is 158 g/mol. The van der Waals surface area contributed by atoms with E-state index in [1.165, 1.54) is 0 Å². The van der Waals surface area contributed by atoms with Crippen molar-refractivity contribution >= 4 is 5.97 Å². The Bertz CT molecular complexity index is 143. The zero-order valence-electron chi connectivity index (χ0n) is 6.42. The van der Waals surface area contributed by atoms with E-state index >= 15 is 0 Å². The molecule has 1 aliphatic rings. The van der Waals surface area contributed by atoms with Crippen LogP contribution >= 0.6 is 0 Å². The Kier molecular flexibility index (Phi) is 2.84. The van der Waals surface area contributed by atoms with Crippen LogP contribution in [-0.2, 0) is 4.79 Å². The second-order valence-electron chi connectivity index (χ2n) is 2.92. The lowest BCUT2D eigenvalue weighted by Gasteiger charge is -2.26. The molecule has 1 fully saturated rings. The molecule has 0 saturated carbocycles. The fraction of sp³-hybridized carbons (Fsp3) is 0.857. The van der Waals surface area contributed by atoms with E-state index in [4.69, 9.17) is 10.8 Å². The summed E-state index contributed by atoms with van der Waals surface area (Å²) in [6.07, 6.45) is 3.09. The molecule has 2 atom stereocenters. The highest BCUT2D eigenvalue weighted by Gasteiger charge is 2.24. The molecule has 4 heteroatoms. The summed E-state index contributed by atoms with van der Waals surface area (Å²) in [5.41, 5.74) is 5.43. The topological polar surface area (TPSA) is 75.4 Å². The van der Waals surface area contributed by atoms with Gasteiger partial charge >= 0.3 is 5.97 Å². The monoisotopic (exact) mass is 158 g/mol. The van der Waals surface area contributed by atoms with E-state index in [-0.39, 0.29) is 6.04 Å². The number of hydrogen-bond acceptors (Lipinski definition) is 3. The molecule has 1 heterocycles. The minimum atomic E-state index is -0.913. The third-order valence-electron chi connectivity index (χ3n) is 2.07. The number of nitrogens with one attached hydrogen (secondary N) is 1. The molecule has 0 spiro atoms. The van der Waals surface area contributed by atoms with Crippen LogP contribution in [-0.4, -0.2) is 29.7 Å². The van der Waals surface area contributed by atoms with Crippen molar-refractivity contribution in [3.05, 3.63) is 0 Å². The number of piperidine rings is 1. The highest BCUT2D eigenvalue weighted by molar-refractivity contribution is 5.74. The lowest BCUT2D eigenvalue weighted by atomic mass is 9.99. The van der Waals surface area contributed by atoms with Gasteiger partial charge in [-0.2, -0.15) is 0 Å². The van der Waals surface area contributed by atoms with Gasteiger partial charge in [0.15, 0.2) is 0 Å². The third kappa shape index (κ3) is 2.17. The summed E-state index contributed by atoms with van der Waals surface area (Å²) in [6.45, 7) is 0.894. The molecule has 0 bridgehead atoms. The number of nitrogens with two attached hydrogens (primary N) is 1. The van der Waals surface area contributed by atoms with E-state index in [0.29, 0.717) is 0 Å². The summed E-state index contributed by atoms with van der Waals surface area (Å²) in [5, 5.41) is 11.7. The second-order valence-corrected chi connectivity index (χ2v) is 2.92. The summed E-state index contributed by atoms with van der Waals surface area (Å²) in [4.78, 5) is 10.4. The summed E-state index contributed by atoms with van der Waals surface area (Å²) in [5.74, 6) is -0.913. The molecule has 4 N–H and O–H groups in total. The van der Waals surface area contributed by atoms with Crippen LogP contribution in [0.1, 0.15) is 19.3 Å². The molecule has 4 nitrogen and oxygen atoms in total. The molecule has 0 aromatic rings. The van der Waals surface area contributed by atoms with Crippen LogP contribution in [0.15, 0.2) is 0 Å². The number of carbonyl (C=O) groups is 1. The van der Waals surface area contributed by atoms with E-state index < -0.39 is 12.0 Å². The van der Waals surface area contributed by atoms with Gasteiger partial charge < -0.3 is 16.2 Å². The van der Waals surface area contributed by atoms with Gasteiger partial charge in [0.1, 0.15) is 6.04 Å². The minimum absolute atomic E-state index is 0.0266. The van der Waals surface area contributed by atoms with Gasteiger partial charge in [-0.25, -0.2) is 0 Å². The molecule has 0 unspecified atom stereocenters. The van der Waals surface area contributed by atoms with Gasteiger partial charge in [0.2, 0.25) is 0 Å². The van der Waals surface area contributed by atoms with E-state index in [9.17, 15) is 4.79 Å². The maximum Gasteiger partial charge on any atom is 0.322 e. The van der Waals surface area contributed by atoms with Crippen molar-refractivity contribution < 1.29 is 9.90 Å². The van der Waals surface area contributed by atoms with E-state index in [1.807, 2.05) is 0 Å². The van der Waals surface area contributed by atoms with E-state index in [0.717, 1.165) is 25.8 Å². The first kappa shape index (κ1) is 8.49. The molecular formula is C7H14N2O2. The standard InChI is InChI=1S/C7H14N2O2/c8-6(7(10)11)5-3-1-2-4-9-5/h5-6,9H,1-4,8H2,(H,10,11)/t5-,6-/m1/s1. The third-order valence-corrected chi connectivity index (χ3v) is 2.07. The van der Waals surface area contributed by atoms with Crippen molar-refractivity contribution in [2.45, 2.75) is 31.3 Å². The average Bonchev–Trinajstić information content (AvgIpc) is 2.05. The van der Waals surface area contributed by atoms with Crippen molar-refractivity contribution in [2.24, 2.45) is 5.73 Å². The molecule has 0 radical (unpaired) electrons. The van der Waals surface area contributed by atoms with Gasteiger partial charge in [0, 0.05) is 6.04 Å². The van der Waals surface area contributed by atoms with Crippen LogP contribution in [0, 0.1) is 0 Å². The van der Waals surface area contributed by atoms with E-state index in [2.05, 4.69) is 5.32 Å². The molecule has 1 saturated heterocycles. The first-order valence-electron chi connectivity index (χ1n) is 3.93. The van der Waals surface area contributed by atoms with Gasteiger partial charge in [0.05, 0.1) is 0 Å². The first-order chi connectivity index (χ1) is 5.22. The molecule has 64 valence electrons. The quantitative estimate of drug-likeness (QED) is 0.508. The van der Waals surface area contributed by atoms with Crippen LogP contribution in [0.25, 0.3) is 0 Å². The minimum Gasteiger partial charge on any atom is -0.480 e. The van der Waals surface area contributed by atoms with Crippen molar-refractivity contribution in [3.63, 3.8) is 0 Å². The molecule has 1 aliphatic heterocycles. The zero-order valence-corrected chi connectivity index (χ0v) is 6.42. The van der Waals surface area contributed by atoms with E-state index in [1.54, 1.807) is 0 Å². The molecule has 0 aliphatic carbocycles. The fourth-order valence-corrected chi connectivity index (χ4v) is 1.36. The fourth-order valence-electron chi connectivity index (χ4n) is 1.36. The number of hydrogen-bond donors (Lipinski definition) is 3. The molecule has 1 rings (SSSR count). The van der Waals surface area contributed by atoms with Crippen molar-refractivity contribution in [1.82, 2.24) is 5.32 Å². The Balaban J connectivity index is 2.38. The van der Waals surface area contributed by atoms with Crippen molar-refractivity contribution in [2.75, 3.05) is 6.54 Å². The Labute approximate surface area is 65.8 Å². The SMILES string of the molecule is N[C@@H](C(=O)O)[C@H]1CCCCN1. The molecule has 0 aromatic carbocycles. The van der Waals surface area contributed by atoms with Gasteiger partial charge in [-0.3, -0.25) is 4.79 Å². The molecule has 0 aromatic heterocycles. The van der Waals surface area contributed by atoms with Crippen LogP contribution in [0.3, 0.4) is 0 Å². The van der Waals surface area contributed by atoms with Crippen molar-refractivity contribution in [1.29, 1.82) is 0 Å². The maximum atomic E-state index is 10.4. The van der Waals surface area contributed by atoms with Gasteiger partial charge in [0.25, 0.3) is 0 Å². The zero-order chi connectivity index (χ0) is 8.27. The summed E-state index contributed by atoms with van der Waals surface area (Å²) in [6, 6.07) is -0.767. The Morgan fingerprint density at radius 1 is 1.64 bits per heavy atom. The number of carboxylic acids is 1. The Morgan fingerprint density at radius 3 is 2.82 bits per heavy atom. The molecule has 0 amide bonds. The Morgan fingerprint density at radius 2 is 2.36 bits per heavy atom. The van der Waals surface area contributed by atoms with Crippen LogP contribution in [0.5, 0.6) is 0 Å². The Hall–Kier alpha value is -0.610. The predicted octanol–water partition coefficient (Wildman–Crippen LogP) is -0.460. The first-order valence-corrected chi connectivity index (χ1v) is 3.93. The largest absolute Gasteiger partial charge is 0.480 e. The van der Waals surface area contributed by atoms with Crippen LogP contribution < -0.4 is 11.1 Å². The number of carboxylic acid groups (broad SMARTS) is 1. The highest BCUT2D eigenvalue weighted by atomic mass is 16.4. The highest BCUT2D eigenvalue weighted by Crippen LogP contribution is 2.08. The summed E-state index contributed by atoms with van der Waals surface area (Å²) >= 11 is 0. The number of rotatable bonds is 2. The van der Waals surface area contributed by atoms with Crippen molar-refractivity contribution in [3.8, 4) is 0 Å². The lowest BCUT2D eigenvalue weighted by molar-refractivity contribution is -0.139.